The summed E-state index contributed by atoms with van der Waals surface area (Å²) in [7, 11) is 0. The summed E-state index contributed by atoms with van der Waals surface area (Å²) in [5, 5.41) is 7.39. The first-order valence-electron chi connectivity index (χ1n) is 12.6. The molecule has 0 spiro atoms. The zero-order chi connectivity index (χ0) is 25.9. The smallest absolute Gasteiger partial charge is 0.257 e. The Labute approximate surface area is 217 Å². The van der Waals surface area contributed by atoms with Gasteiger partial charge in [0, 0.05) is 31.7 Å². The predicted octanol–water partition coefficient (Wildman–Crippen LogP) is 5.22. The van der Waals surface area contributed by atoms with E-state index in [-0.39, 0.29) is 24.9 Å². The van der Waals surface area contributed by atoms with Crippen molar-refractivity contribution >= 4 is 11.6 Å². The second-order valence-electron chi connectivity index (χ2n) is 9.23. The lowest BCUT2D eigenvalue weighted by Gasteiger charge is -2.22. The van der Waals surface area contributed by atoms with E-state index in [1.54, 1.807) is 12.1 Å². The third kappa shape index (κ3) is 8.43. The number of halogens is 1. The minimum absolute atomic E-state index is 0.0326. The summed E-state index contributed by atoms with van der Waals surface area (Å²) in [4.78, 5) is 17.9. The van der Waals surface area contributed by atoms with Crippen LogP contribution in [-0.2, 0) is 27.4 Å². The van der Waals surface area contributed by atoms with Gasteiger partial charge in [-0.3, -0.25) is 4.79 Å². The van der Waals surface area contributed by atoms with Crippen molar-refractivity contribution in [1.29, 1.82) is 0 Å². The molecule has 0 aromatic heterocycles. The van der Waals surface area contributed by atoms with Gasteiger partial charge >= 0.3 is 0 Å². The lowest BCUT2D eigenvalue weighted by atomic mass is 10.0. The molecule has 1 aliphatic rings. The molecule has 4 rings (SSSR count). The van der Waals surface area contributed by atoms with E-state index < -0.39 is 0 Å². The lowest BCUT2D eigenvalue weighted by Crippen LogP contribution is -2.35. The third-order valence-electron chi connectivity index (χ3n) is 6.33. The van der Waals surface area contributed by atoms with E-state index in [0.29, 0.717) is 24.6 Å². The lowest BCUT2D eigenvalue weighted by molar-refractivity contribution is -0.123. The highest BCUT2D eigenvalue weighted by Crippen LogP contribution is 2.21. The maximum Gasteiger partial charge on any atom is 0.257 e. The Balaban J connectivity index is 1.38. The average molecular weight is 505 g/mol. The summed E-state index contributed by atoms with van der Waals surface area (Å²) in [6, 6.07) is 22.0. The van der Waals surface area contributed by atoms with Crippen LogP contribution in [0, 0.1) is 18.7 Å². The van der Waals surface area contributed by atoms with E-state index in [1.807, 2.05) is 55.5 Å². The average Bonchev–Trinajstić information content (AvgIpc) is 2.93. The number of oxime groups is 1. The minimum Gasteiger partial charge on any atom is -0.484 e. The Bertz CT molecular complexity index is 1180. The monoisotopic (exact) mass is 504 g/mol. The first kappa shape index (κ1) is 26.4. The van der Waals surface area contributed by atoms with Crippen LogP contribution in [0.25, 0.3) is 0 Å². The highest BCUT2D eigenvalue weighted by Gasteiger charge is 2.15. The van der Waals surface area contributed by atoms with Gasteiger partial charge in [-0.2, -0.15) is 0 Å². The minimum atomic E-state index is -0.286. The number of carbonyl (C=O) groups excluding carboxylic acids is 1. The van der Waals surface area contributed by atoms with Crippen molar-refractivity contribution < 1.29 is 23.5 Å². The highest BCUT2D eigenvalue weighted by atomic mass is 19.1. The van der Waals surface area contributed by atoms with Gasteiger partial charge < -0.3 is 19.6 Å². The molecule has 0 radical (unpaired) electrons. The van der Waals surface area contributed by atoms with Crippen LogP contribution >= 0.6 is 0 Å². The maximum absolute atomic E-state index is 13.2. The van der Waals surface area contributed by atoms with Crippen molar-refractivity contribution in [2.45, 2.75) is 32.8 Å². The Morgan fingerprint density at radius 1 is 1.03 bits per heavy atom. The van der Waals surface area contributed by atoms with E-state index >= 15 is 0 Å². The molecule has 1 heterocycles. The number of hydrogen-bond acceptors (Lipinski definition) is 5. The van der Waals surface area contributed by atoms with Gasteiger partial charge in [-0.25, -0.2) is 4.39 Å². The Kier molecular flexibility index (Phi) is 9.66. The Morgan fingerprint density at radius 2 is 1.78 bits per heavy atom. The fourth-order valence-corrected chi connectivity index (χ4v) is 4.14. The molecule has 3 aromatic carbocycles. The van der Waals surface area contributed by atoms with E-state index in [2.05, 4.69) is 10.5 Å². The fourth-order valence-electron chi connectivity index (χ4n) is 4.14. The summed E-state index contributed by atoms with van der Waals surface area (Å²) >= 11 is 0. The molecule has 1 saturated heterocycles. The summed E-state index contributed by atoms with van der Waals surface area (Å²) in [6.45, 7) is 4.32. The second kappa shape index (κ2) is 13.6. The molecular formula is C30H33FN2O4. The van der Waals surface area contributed by atoms with Crippen molar-refractivity contribution in [3.63, 3.8) is 0 Å². The number of nitrogens with zero attached hydrogens (tertiary/aromatic N) is 1. The molecule has 1 amide bonds. The normalized spacial score (nSPS) is 14.3. The molecule has 6 nitrogen and oxygen atoms in total. The number of amides is 1. The van der Waals surface area contributed by atoms with Gasteiger partial charge in [-0.1, -0.05) is 47.6 Å². The Hall–Kier alpha value is -3.71. The van der Waals surface area contributed by atoms with Gasteiger partial charge in [0.2, 0.25) is 0 Å². The number of aryl methyl sites for hydroxylation is 1. The van der Waals surface area contributed by atoms with Crippen LogP contribution in [0.15, 0.2) is 78.0 Å². The van der Waals surface area contributed by atoms with Gasteiger partial charge in [0.05, 0.1) is 5.71 Å². The van der Waals surface area contributed by atoms with Crippen molar-refractivity contribution in [2.75, 3.05) is 26.4 Å². The van der Waals surface area contributed by atoms with Crippen molar-refractivity contribution in [2.24, 2.45) is 11.1 Å². The van der Waals surface area contributed by atoms with E-state index in [1.165, 1.54) is 12.1 Å². The van der Waals surface area contributed by atoms with Gasteiger partial charge in [-0.05, 0) is 72.7 Å². The van der Waals surface area contributed by atoms with E-state index in [0.717, 1.165) is 54.0 Å². The topological polar surface area (TPSA) is 69.2 Å². The van der Waals surface area contributed by atoms with Crippen molar-refractivity contribution in [1.82, 2.24) is 5.32 Å². The predicted molar refractivity (Wildman–Crippen MR) is 141 cm³/mol. The molecule has 0 unspecified atom stereocenters. The molecule has 0 bridgehead atoms. The first-order chi connectivity index (χ1) is 18.1. The molecule has 1 fully saturated rings. The van der Waals surface area contributed by atoms with Gasteiger partial charge in [0.15, 0.2) is 6.61 Å². The van der Waals surface area contributed by atoms with Crippen LogP contribution in [-0.4, -0.2) is 38.0 Å². The van der Waals surface area contributed by atoms with E-state index in [4.69, 9.17) is 14.3 Å². The zero-order valence-corrected chi connectivity index (χ0v) is 21.1. The molecule has 194 valence electrons. The SMILES string of the molecule is Cc1cc(C(Cc2ccccc2)=NOCc2ccc(F)cc2)ccc1OCC(=O)NCC1CCOCC1. The number of carbonyl (C=O) groups is 1. The fraction of sp³-hybridized carbons (Fsp3) is 0.333. The molecule has 37 heavy (non-hydrogen) atoms. The van der Waals surface area contributed by atoms with Crippen LogP contribution in [0.1, 0.15) is 35.1 Å². The van der Waals surface area contributed by atoms with Gasteiger partial charge in [-0.15, -0.1) is 0 Å². The number of hydrogen-bond donors (Lipinski definition) is 1. The van der Waals surface area contributed by atoms with Crippen molar-refractivity contribution in [3.8, 4) is 5.75 Å². The molecule has 7 heteroatoms. The first-order valence-corrected chi connectivity index (χ1v) is 12.6. The molecule has 1 N–H and O–H groups in total. The van der Waals surface area contributed by atoms with Crippen LogP contribution < -0.4 is 10.1 Å². The highest BCUT2D eigenvalue weighted by molar-refractivity contribution is 6.01. The summed E-state index contributed by atoms with van der Waals surface area (Å²) in [5.74, 6) is 0.699. The zero-order valence-electron chi connectivity index (χ0n) is 21.1. The quantitative estimate of drug-likeness (QED) is 0.287. The van der Waals surface area contributed by atoms with Crippen LogP contribution in [0.2, 0.25) is 0 Å². The number of benzene rings is 3. The number of nitrogens with one attached hydrogen (secondary N) is 1. The maximum atomic E-state index is 13.2. The molecular weight excluding hydrogens is 471 g/mol. The van der Waals surface area contributed by atoms with Gasteiger partial charge in [0.25, 0.3) is 5.91 Å². The summed E-state index contributed by atoms with van der Waals surface area (Å²) in [6.07, 6.45) is 2.53. The van der Waals surface area contributed by atoms with Gasteiger partial charge in [0.1, 0.15) is 18.2 Å². The Morgan fingerprint density at radius 3 is 2.51 bits per heavy atom. The van der Waals surface area contributed by atoms with Crippen LogP contribution in [0.4, 0.5) is 4.39 Å². The number of ether oxygens (including phenoxy) is 2. The summed E-state index contributed by atoms with van der Waals surface area (Å²) in [5.41, 5.74) is 4.49. The molecule has 3 aromatic rings. The standard InChI is InChI=1S/C30H33FN2O4/c1-22-17-26(9-12-29(22)36-21-30(34)32-19-24-13-15-35-16-14-24)28(18-23-5-3-2-4-6-23)33-37-20-25-7-10-27(31)11-8-25/h2-12,17,24H,13-16,18-21H2,1H3,(H,32,34). The van der Waals surface area contributed by atoms with Crippen LogP contribution in [0.5, 0.6) is 5.75 Å². The largest absolute Gasteiger partial charge is 0.484 e. The summed E-state index contributed by atoms with van der Waals surface area (Å²) < 4.78 is 24.3. The number of rotatable bonds is 11. The molecule has 1 aliphatic heterocycles. The molecule has 0 atom stereocenters. The van der Waals surface area contributed by atoms with E-state index in [9.17, 15) is 9.18 Å². The van der Waals surface area contributed by atoms with Crippen LogP contribution in [0.3, 0.4) is 0 Å². The molecule has 0 aliphatic carbocycles. The molecule has 0 saturated carbocycles. The third-order valence-corrected chi connectivity index (χ3v) is 6.33. The van der Waals surface area contributed by atoms with Crippen molar-refractivity contribution in [3.05, 3.63) is 101 Å². The second-order valence-corrected chi connectivity index (χ2v) is 9.23.